The van der Waals surface area contributed by atoms with Gasteiger partial charge in [0.25, 0.3) is 0 Å². The second-order valence-corrected chi connectivity index (χ2v) is 15.2. The van der Waals surface area contributed by atoms with Crippen LogP contribution in [0.15, 0.2) is 0 Å². The molecule has 2 heteroatoms. The zero-order valence-corrected chi connectivity index (χ0v) is 22.4. The highest BCUT2D eigenvalue weighted by atomic mass is 16.3. The van der Waals surface area contributed by atoms with Gasteiger partial charge in [0.05, 0.1) is 12.2 Å². The van der Waals surface area contributed by atoms with Gasteiger partial charge in [0.2, 0.25) is 0 Å². The van der Waals surface area contributed by atoms with E-state index in [0.717, 1.165) is 36.5 Å². The van der Waals surface area contributed by atoms with Gasteiger partial charge in [-0.05, 0) is 120 Å². The highest BCUT2D eigenvalue weighted by Crippen LogP contribution is 2.77. The van der Waals surface area contributed by atoms with Crippen molar-refractivity contribution in [1.82, 2.24) is 0 Å². The minimum Gasteiger partial charge on any atom is -0.393 e. The van der Waals surface area contributed by atoms with Crippen molar-refractivity contribution in [2.24, 2.45) is 62.6 Å². The predicted molar refractivity (Wildman–Crippen MR) is 132 cm³/mol. The van der Waals surface area contributed by atoms with E-state index in [1.54, 1.807) is 0 Å². The van der Waals surface area contributed by atoms with Crippen LogP contribution in [0, 0.1) is 62.6 Å². The number of hydrogen-bond donors (Lipinski definition) is 2. The number of hydrogen-bond acceptors (Lipinski definition) is 2. The zero-order valence-electron chi connectivity index (χ0n) is 22.4. The fourth-order valence-corrected chi connectivity index (χ4v) is 11.8. The quantitative estimate of drug-likeness (QED) is 0.454. The van der Waals surface area contributed by atoms with E-state index in [4.69, 9.17) is 0 Å². The zero-order chi connectivity index (χ0) is 23.5. The Morgan fingerprint density at radius 3 is 1.97 bits per heavy atom. The van der Waals surface area contributed by atoms with Crippen molar-refractivity contribution < 1.29 is 10.2 Å². The van der Waals surface area contributed by atoms with E-state index in [1.807, 2.05) is 0 Å². The summed E-state index contributed by atoms with van der Waals surface area (Å²) in [6.45, 7) is 19.9. The molecule has 5 unspecified atom stereocenters. The Hall–Kier alpha value is -0.0800. The van der Waals surface area contributed by atoms with Crippen molar-refractivity contribution in [2.75, 3.05) is 0 Å². The lowest BCUT2D eigenvalue weighted by molar-refractivity contribution is -0.263. The Kier molecular flexibility index (Phi) is 5.17. The summed E-state index contributed by atoms with van der Waals surface area (Å²) in [5.74, 6) is 4.27. The average molecular weight is 445 g/mol. The number of fused-ring (bicyclic) bond motifs is 7. The van der Waals surface area contributed by atoms with Gasteiger partial charge in [-0.1, -0.05) is 55.4 Å². The van der Waals surface area contributed by atoms with Crippen LogP contribution in [-0.4, -0.2) is 22.4 Å². The maximum absolute atomic E-state index is 11.7. The molecule has 0 heterocycles. The summed E-state index contributed by atoms with van der Waals surface area (Å²) in [5, 5.41) is 22.6. The van der Waals surface area contributed by atoms with Gasteiger partial charge in [0.1, 0.15) is 0 Å². The normalized spacial score (nSPS) is 59.2. The molecule has 11 atom stereocenters. The predicted octanol–water partition coefficient (Wildman–Crippen LogP) is 7.08. The highest BCUT2D eigenvalue weighted by Gasteiger charge is 2.71. The largest absolute Gasteiger partial charge is 0.393 e. The lowest BCUT2D eigenvalue weighted by atomic mass is 9.32. The molecular formula is C30H52O2. The molecule has 184 valence electrons. The van der Waals surface area contributed by atoms with Crippen molar-refractivity contribution in [2.45, 2.75) is 125 Å². The van der Waals surface area contributed by atoms with Crippen LogP contribution in [0.5, 0.6) is 0 Å². The molecule has 0 aromatic rings. The maximum atomic E-state index is 11.7. The van der Waals surface area contributed by atoms with Gasteiger partial charge >= 0.3 is 0 Å². The van der Waals surface area contributed by atoms with Gasteiger partial charge in [-0.3, -0.25) is 0 Å². The van der Waals surface area contributed by atoms with Crippen LogP contribution in [0.4, 0.5) is 0 Å². The number of aliphatic hydroxyl groups excluding tert-OH is 2. The molecule has 32 heavy (non-hydrogen) atoms. The van der Waals surface area contributed by atoms with Crippen LogP contribution in [0.25, 0.3) is 0 Å². The van der Waals surface area contributed by atoms with E-state index in [-0.39, 0.29) is 28.5 Å². The summed E-state index contributed by atoms with van der Waals surface area (Å²) in [7, 11) is 0. The summed E-state index contributed by atoms with van der Waals surface area (Å²) < 4.78 is 0. The van der Waals surface area contributed by atoms with Crippen LogP contribution in [0.2, 0.25) is 0 Å². The van der Waals surface area contributed by atoms with Crippen LogP contribution in [-0.2, 0) is 0 Å². The van der Waals surface area contributed by atoms with Crippen LogP contribution < -0.4 is 0 Å². The molecule has 5 saturated carbocycles. The molecule has 5 rings (SSSR count). The standard InChI is InChI=1S/C30H52O2/c1-18(2)19-11-14-28(6)24(32)17-30(8)20(25(19)28)9-10-22-27(5)15-13-23(31)26(3,4)21(27)12-16-29(22,30)7/h18-25,31-32H,9-17H2,1-8H3/t19-,20?,21?,22?,23?,24-,25?,27-,28+,29+,30+/m0/s1. The monoisotopic (exact) mass is 444 g/mol. The molecule has 0 aromatic carbocycles. The van der Waals surface area contributed by atoms with Gasteiger partial charge in [-0.25, -0.2) is 0 Å². The fraction of sp³-hybridized carbons (Fsp3) is 1.00. The van der Waals surface area contributed by atoms with E-state index in [9.17, 15) is 10.2 Å². The smallest absolute Gasteiger partial charge is 0.0602 e. The number of rotatable bonds is 1. The Morgan fingerprint density at radius 1 is 0.656 bits per heavy atom. The van der Waals surface area contributed by atoms with Crippen LogP contribution in [0.1, 0.15) is 113 Å². The van der Waals surface area contributed by atoms with Crippen LogP contribution >= 0.6 is 0 Å². The minimum absolute atomic E-state index is 0.0188. The molecular weight excluding hydrogens is 392 g/mol. The van der Waals surface area contributed by atoms with Crippen molar-refractivity contribution in [3.8, 4) is 0 Å². The maximum Gasteiger partial charge on any atom is 0.0602 e. The molecule has 5 fully saturated rings. The third kappa shape index (κ3) is 2.66. The van der Waals surface area contributed by atoms with Crippen molar-refractivity contribution >= 4 is 0 Å². The third-order valence-electron chi connectivity index (χ3n) is 13.8. The fourth-order valence-electron chi connectivity index (χ4n) is 11.8. The summed E-state index contributed by atoms with van der Waals surface area (Å²) in [5.41, 5.74) is 0.991. The summed E-state index contributed by atoms with van der Waals surface area (Å²) in [6, 6.07) is 0. The van der Waals surface area contributed by atoms with E-state index in [2.05, 4.69) is 55.4 Å². The van der Waals surface area contributed by atoms with Gasteiger partial charge in [-0.2, -0.15) is 0 Å². The molecule has 0 radical (unpaired) electrons. The first kappa shape index (κ1) is 23.7. The van der Waals surface area contributed by atoms with E-state index < -0.39 is 0 Å². The first-order valence-corrected chi connectivity index (χ1v) is 14.1. The first-order valence-electron chi connectivity index (χ1n) is 14.1. The SMILES string of the molecule is CC(C)[C@@H]1CC[C@@]2(C)C1C1CCC3[C@@]4(C)CCC(O)C(C)(C)C4CC[C@@]3(C)[C@]1(C)C[C@@H]2O. The van der Waals surface area contributed by atoms with E-state index in [1.165, 1.54) is 44.9 Å². The topological polar surface area (TPSA) is 40.5 Å². The summed E-state index contributed by atoms with van der Waals surface area (Å²) >= 11 is 0. The summed E-state index contributed by atoms with van der Waals surface area (Å²) in [4.78, 5) is 0. The van der Waals surface area contributed by atoms with Gasteiger partial charge < -0.3 is 10.2 Å². The van der Waals surface area contributed by atoms with E-state index in [0.29, 0.717) is 22.7 Å². The van der Waals surface area contributed by atoms with Gasteiger partial charge in [-0.15, -0.1) is 0 Å². The molecule has 5 aliphatic carbocycles. The molecule has 2 N–H and O–H groups in total. The molecule has 5 aliphatic rings. The Morgan fingerprint density at radius 2 is 1.31 bits per heavy atom. The molecule has 0 aliphatic heterocycles. The second-order valence-electron chi connectivity index (χ2n) is 15.2. The molecule has 0 spiro atoms. The number of aliphatic hydroxyl groups is 2. The van der Waals surface area contributed by atoms with Crippen molar-refractivity contribution in [3.05, 3.63) is 0 Å². The lowest BCUT2D eigenvalue weighted by Gasteiger charge is -2.73. The minimum atomic E-state index is -0.153. The molecule has 0 aromatic heterocycles. The summed E-state index contributed by atoms with van der Waals surface area (Å²) in [6.07, 6.45) is 10.6. The molecule has 2 nitrogen and oxygen atoms in total. The third-order valence-corrected chi connectivity index (χ3v) is 13.8. The molecule has 0 saturated heterocycles. The molecule has 0 amide bonds. The lowest BCUT2D eigenvalue weighted by Crippen LogP contribution is -2.68. The van der Waals surface area contributed by atoms with Crippen molar-refractivity contribution in [1.29, 1.82) is 0 Å². The average Bonchev–Trinajstić information content (AvgIpc) is 3.05. The first-order chi connectivity index (χ1) is 14.7. The highest BCUT2D eigenvalue weighted by molar-refractivity contribution is 5.20. The van der Waals surface area contributed by atoms with E-state index >= 15 is 0 Å². The van der Waals surface area contributed by atoms with Crippen LogP contribution in [0.3, 0.4) is 0 Å². The van der Waals surface area contributed by atoms with Gasteiger partial charge in [0.15, 0.2) is 0 Å². The Labute approximate surface area is 198 Å². The Balaban J connectivity index is 1.56. The van der Waals surface area contributed by atoms with Crippen molar-refractivity contribution in [3.63, 3.8) is 0 Å². The van der Waals surface area contributed by atoms with Gasteiger partial charge in [0, 0.05) is 0 Å². The Bertz CT molecular complexity index is 758. The second kappa shape index (κ2) is 6.99. The molecule has 0 bridgehead atoms.